The van der Waals surface area contributed by atoms with Gasteiger partial charge in [0.2, 0.25) is 0 Å². The Morgan fingerprint density at radius 3 is 2.45 bits per heavy atom. The van der Waals surface area contributed by atoms with Crippen LogP contribution >= 0.6 is 0 Å². The Morgan fingerprint density at radius 1 is 1.23 bits per heavy atom. The number of aromatic nitrogens is 2. The van der Waals surface area contributed by atoms with E-state index in [1.165, 1.54) is 4.90 Å². The average molecular weight is 305 g/mol. The fourth-order valence-corrected chi connectivity index (χ4v) is 2.66. The van der Waals surface area contributed by atoms with Crippen LogP contribution in [0.4, 0.5) is 4.79 Å². The van der Waals surface area contributed by atoms with Crippen LogP contribution in [0.25, 0.3) is 11.0 Å². The molecule has 0 aliphatic carbocycles. The van der Waals surface area contributed by atoms with Crippen LogP contribution in [0.1, 0.15) is 32.7 Å². The summed E-state index contributed by atoms with van der Waals surface area (Å²) in [6, 6.07) is 7.90. The molecule has 120 valence electrons. The molecule has 1 amide bonds. The maximum atomic E-state index is 12.6. The minimum absolute atomic E-state index is 0.00258. The lowest BCUT2D eigenvalue weighted by Gasteiger charge is -2.12. The highest BCUT2D eigenvalue weighted by Crippen LogP contribution is 2.17. The summed E-state index contributed by atoms with van der Waals surface area (Å²) >= 11 is 0. The van der Waals surface area contributed by atoms with E-state index in [0.29, 0.717) is 13.1 Å². The number of unbranched alkanes of at least 4 members (excludes halogenated alkanes) is 1. The van der Waals surface area contributed by atoms with Crippen molar-refractivity contribution in [2.24, 2.45) is 0 Å². The van der Waals surface area contributed by atoms with Crippen LogP contribution < -0.4 is 5.69 Å². The summed E-state index contributed by atoms with van der Waals surface area (Å²) in [5.41, 5.74) is 1.89. The van der Waals surface area contributed by atoms with E-state index in [1.54, 1.807) is 16.2 Å². The van der Waals surface area contributed by atoms with E-state index in [1.807, 2.05) is 38.1 Å². The molecule has 0 unspecified atom stereocenters. The number of rotatable bonds is 6. The van der Waals surface area contributed by atoms with Gasteiger partial charge in [0.05, 0.1) is 11.0 Å². The van der Waals surface area contributed by atoms with Crippen LogP contribution in [0.3, 0.4) is 0 Å². The number of carbonyl (C=O) groups is 1. The van der Waals surface area contributed by atoms with Gasteiger partial charge in [-0.05, 0) is 38.8 Å². The van der Waals surface area contributed by atoms with E-state index in [9.17, 15) is 9.59 Å². The lowest BCUT2D eigenvalue weighted by atomic mass is 10.2. The standard InChI is InChI=1S/C16H23N3O3/c1-12(2)19-14-9-5-4-8-13(14)18(15(19)20)11-7-6-10-17(3)16(21)22/h4-5,8-9,12H,6-7,10-11H2,1-3H3,(H,21,22). The molecule has 0 radical (unpaired) electrons. The van der Waals surface area contributed by atoms with Gasteiger partial charge in [-0.3, -0.25) is 9.13 Å². The number of imidazole rings is 1. The van der Waals surface area contributed by atoms with Crippen LogP contribution in [-0.2, 0) is 6.54 Å². The normalized spacial score (nSPS) is 11.3. The average Bonchev–Trinajstić information content (AvgIpc) is 2.75. The Balaban J connectivity index is 2.16. The molecule has 1 aromatic carbocycles. The highest BCUT2D eigenvalue weighted by Gasteiger charge is 2.14. The third-order valence-electron chi connectivity index (χ3n) is 3.84. The number of aryl methyl sites for hydroxylation is 1. The van der Waals surface area contributed by atoms with Gasteiger partial charge in [-0.2, -0.15) is 0 Å². The first-order chi connectivity index (χ1) is 10.4. The molecular weight excluding hydrogens is 282 g/mol. The molecule has 0 aliphatic heterocycles. The number of fused-ring (bicyclic) bond motifs is 1. The van der Waals surface area contributed by atoms with Crippen molar-refractivity contribution in [2.45, 2.75) is 39.3 Å². The van der Waals surface area contributed by atoms with E-state index in [-0.39, 0.29) is 11.7 Å². The number of hydrogen-bond acceptors (Lipinski definition) is 2. The van der Waals surface area contributed by atoms with Gasteiger partial charge < -0.3 is 10.0 Å². The number of nitrogens with zero attached hydrogens (tertiary/aromatic N) is 3. The van der Waals surface area contributed by atoms with Crippen molar-refractivity contribution in [3.63, 3.8) is 0 Å². The molecule has 0 aliphatic rings. The predicted molar refractivity (Wildman–Crippen MR) is 86.5 cm³/mol. The largest absolute Gasteiger partial charge is 0.465 e. The van der Waals surface area contributed by atoms with Crippen LogP contribution in [-0.4, -0.2) is 38.8 Å². The minimum Gasteiger partial charge on any atom is -0.465 e. The summed E-state index contributed by atoms with van der Waals surface area (Å²) in [6.45, 7) is 5.08. The van der Waals surface area contributed by atoms with Crippen molar-refractivity contribution in [2.75, 3.05) is 13.6 Å². The fourth-order valence-electron chi connectivity index (χ4n) is 2.66. The second-order valence-electron chi connectivity index (χ2n) is 5.80. The molecule has 0 saturated heterocycles. The topological polar surface area (TPSA) is 67.5 Å². The highest BCUT2D eigenvalue weighted by molar-refractivity contribution is 5.76. The zero-order chi connectivity index (χ0) is 16.3. The fraction of sp³-hybridized carbons (Fsp3) is 0.500. The molecule has 1 aromatic heterocycles. The minimum atomic E-state index is -0.923. The van der Waals surface area contributed by atoms with Crippen LogP contribution in [0.2, 0.25) is 0 Å². The van der Waals surface area contributed by atoms with Gasteiger partial charge in [0.1, 0.15) is 0 Å². The zero-order valence-corrected chi connectivity index (χ0v) is 13.3. The molecule has 0 saturated carbocycles. The number of carboxylic acid groups (broad SMARTS) is 1. The van der Waals surface area contributed by atoms with Crippen LogP contribution in [0.5, 0.6) is 0 Å². The maximum Gasteiger partial charge on any atom is 0.407 e. The predicted octanol–water partition coefficient (Wildman–Crippen LogP) is 2.77. The molecule has 0 bridgehead atoms. The van der Waals surface area contributed by atoms with Crippen molar-refractivity contribution >= 4 is 17.1 Å². The number of amides is 1. The summed E-state index contributed by atoms with van der Waals surface area (Å²) in [6.07, 6.45) is 0.577. The molecule has 1 heterocycles. The molecule has 0 atom stereocenters. The summed E-state index contributed by atoms with van der Waals surface area (Å²) in [7, 11) is 1.55. The first kappa shape index (κ1) is 16.1. The van der Waals surface area contributed by atoms with Gasteiger partial charge in [-0.25, -0.2) is 9.59 Å². The Morgan fingerprint density at radius 2 is 1.86 bits per heavy atom. The van der Waals surface area contributed by atoms with Gasteiger partial charge in [-0.15, -0.1) is 0 Å². The summed E-state index contributed by atoms with van der Waals surface area (Å²) in [5, 5.41) is 8.82. The Labute approximate surface area is 129 Å². The zero-order valence-electron chi connectivity index (χ0n) is 13.3. The van der Waals surface area contributed by atoms with Gasteiger partial charge in [0, 0.05) is 26.2 Å². The molecule has 1 N–H and O–H groups in total. The number of benzene rings is 1. The van der Waals surface area contributed by atoms with Crippen molar-refractivity contribution in [1.29, 1.82) is 0 Å². The van der Waals surface area contributed by atoms with E-state index >= 15 is 0 Å². The molecule has 0 fully saturated rings. The molecule has 2 aromatic rings. The first-order valence-corrected chi connectivity index (χ1v) is 7.57. The molecule has 22 heavy (non-hydrogen) atoms. The van der Waals surface area contributed by atoms with Crippen molar-refractivity contribution in [1.82, 2.24) is 14.0 Å². The second-order valence-corrected chi connectivity index (χ2v) is 5.80. The van der Waals surface area contributed by atoms with Crippen LogP contribution in [0.15, 0.2) is 29.1 Å². The lowest BCUT2D eigenvalue weighted by Crippen LogP contribution is -2.27. The Bertz CT molecular complexity index is 715. The van der Waals surface area contributed by atoms with Crippen molar-refractivity contribution in [3.05, 3.63) is 34.7 Å². The monoisotopic (exact) mass is 305 g/mol. The maximum absolute atomic E-state index is 12.6. The second kappa shape index (κ2) is 6.68. The van der Waals surface area contributed by atoms with E-state index in [2.05, 4.69) is 0 Å². The summed E-state index contributed by atoms with van der Waals surface area (Å²) < 4.78 is 3.59. The quantitative estimate of drug-likeness (QED) is 0.834. The first-order valence-electron chi connectivity index (χ1n) is 7.57. The highest BCUT2D eigenvalue weighted by atomic mass is 16.4. The summed E-state index contributed by atoms with van der Waals surface area (Å²) in [4.78, 5) is 24.6. The number of hydrogen-bond donors (Lipinski definition) is 1. The molecular formula is C16H23N3O3. The number of para-hydroxylation sites is 2. The van der Waals surface area contributed by atoms with Gasteiger partial charge in [0.15, 0.2) is 0 Å². The third kappa shape index (κ3) is 3.16. The van der Waals surface area contributed by atoms with Crippen molar-refractivity contribution in [3.8, 4) is 0 Å². The smallest absolute Gasteiger partial charge is 0.407 e. The van der Waals surface area contributed by atoms with Crippen molar-refractivity contribution < 1.29 is 9.90 Å². The van der Waals surface area contributed by atoms with Gasteiger partial charge in [-0.1, -0.05) is 12.1 Å². The Kier molecular flexibility index (Phi) is 4.90. The van der Waals surface area contributed by atoms with E-state index in [0.717, 1.165) is 23.9 Å². The van der Waals surface area contributed by atoms with E-state index < -0.39 is 6.09 Å². The van der Waals surface area contributed by atoms with E-state index in [4.69, 9.17) is 5.11 Å². The summed E-state index contributed by atoms with van der Waals surface area (Å²) in [5.74, 6) is 0. The SMILES string of the molecule is CC(C)n1c(=O)n(CCCCN(C)C(=O)O)c2ccccc21. The van der Waals surface area contributed by atoms with Crippen LogP contribution in [0, 0.1) is 0 Å². The Hall–Kier alpha value is -2.24. The van der Waals surface area contributed by atoms with Gasteiger partial charge >= 0.3 is 11.8 Å². The molecule has 6 heteroatoms. The third-order valence-corrected chi connectivity index (χ3v) is 3.84. The molecule has 0 spiro atoms. The lowest BCUT2D eigenvalue weighted by molar-refractivity contribution is 0.155. The van der Waals surface area contributed by atoms with Gasteiger partial charge in [0.25, 0.3) is 0 Å². The molecule has 6 nitrogen and oxygen atoms in total. The molecule has 2 rings (SSSR count).